The number of hydrogen-bond donors (Lipinski definition) is 3. The second kappa shape index (κ2) is 11.9. The number of hydrazine groups is 1. The van der Waals surface area contributed by atoms with Crippen molar-refractivity contribution in [3.05, 3.63) is 28.2 Å². The molecular formula is C18H26BrN3O3S. The Bertz CT molecular complexity index is 638. The van der Waals surface area contributed by atoms with Crippen molar-refractivity contribution in [2.75, 3.05) is 6.61 Å². The maximum absolute atomic E-state index is 11.8. The molecule has 0 heterocycles. The van der Waals surface area contributed by atoms with Crippen LogP contribution in [0.5, 0.6) is 5.75 Å². The molecule has 0 radical (unpaired) electrons. The third-order valence-electron chi connectivity index (χ3n) is 3.56. The summed E-state index contributed by atoms with van der Waals surface area (Å²) in [4.78, 5) is 23.4. The number of unbranched alkanes of at least 4 members (excludes halogenated alkanes) is 2. The van der Waals surface area contributed by atoms with Crippen molar-refractivity contribution < 1.29 is 14.3 Å². The van der Waals surface area contributed by atoms with Gasteiger partial charge in [0.05, 0.1) is 4.47 Å². The molecule has 0 spiro atoms. The lowest BCUT2D eigenvalue weighted by molar-refractivity contribution is -0.124. The Morgan fingerprint density at radius 2 is 1.92 bits per heavy atom. The van der Waals surface area contributed by atoms with E-state index >= 15 is 0 Å². The number of carbonyl (C=O) groups is 2. The van der Waals surface area contributed by atoms with E-state index in [1.54, 1.807) is 0 Å². The quantitative estimate of drug-likeness (QED) is 0.325. The first-order valence-corrected chi connectivity index (χ1v) is 9.84. The number of carbonyl (C=O) groups excluding carboxylic acids is 2. The summed E-state index contributed by atoms with van der Waals surface area (Å²) in [6.45, 7) is 6.10. The fraction of sp³-hybridized carbons (Fsp3) is 0.500. The zero-order valence-corrected chi connectivity index (χ0v) is 17.8. The monoisotopic (exact) mass is 443 g/mol. The van der Waals surface area contributed by atoms with E-state index in [0.29, 0.717) is 18.1 Å². The summed E-state index contributed by atoms with van der Waals surface area (Å²) in [6.07, 6.45) is 3.26. The highest BCUT2D eigenvalue weighted by Crippen LogP contribution is 2.28. The van der Waals surface area contributed by atoms with Crippen molar-refractivity contribution >= 4 is 45.1 Å². The van der Waals surface area contributed by atoms with Crippen LogP contribution < -0.4 is 20.9 Å². The topological polar surface area (TPSA) is 79.5 Å². The number of amides is 2. The molecule has 8 heteroatoms. The zero-order valence-electron chi connectivity index (χ0n) is 15.4. The predicted molar refractivity (Wildman–Crippen MR) is 110 cm³/mol. The molecule has 0 unspecified atom stereocenters. The van der Waals surface area contributed by atoms with Crippen molar-refractivity contribution in [1.29, 1.82) is 0 Å². The highest BCUT2D eigenvalue weighted by Gasteiger charge is 2.09. The number of nitrogens with one attached hydrogen (secondary N) is 3. The van der Waals surface area contributed by atoms with Crippen LogP contribution in [0.15, 0.2) is 22.7 Å². The van der Waals surface area contributed by atoms with E-state index in [4.69, 9.17) is 17.0 Å². The summed E-state index contributed by atoms with van der Waals surface area (Å²) in [7, 11) is 0. The second-order valence-corrected chi connectivity index (χ2v) is 7.40. The zero-order chi connectivity index (χ0) is 19.5. The van der Waals surface area contributed by atoms with Gasteiger partial charge >= 0.3 is 0 Å². The molecule has 0 aliphatic carbocycles. The van der Waals surface area contributed by atoms with Crippen molar-refractivity contribution in [1.82, 2.24) is 16.2 Å². The normalized spacial score (nSPS) is 10.3. The van der Waals surface area contributed by atoms with Crippen LogP contribution >= 0.6 is 28.1 Å². The minimum absolute atomic E-state index is 0.0577. The van der Waals surface area contributed by atoms with E-state index < -0.39 is 5.91 Å². The first-order chi connectivity index (χ1) is 12.3. The van der Waals surface area contributed by atoms with Gasteiger partial charge in [0.2, 0.25) is 5.91 Å². The Kier molecular flexibility index (Phi) is 10.2. The molecule has 1 rings (SSSR count). The fourth-order valence-corrected chi connectivity index (χ4v) is 2.73. The fourth-order valence-electron chi connectivity index (χ4n) is 2.06. The summed E-state index contributed by atoms with van der Waals surface area (Å²) in [5, 5.41) is 2.57. The lowest BCUT2D eigenvalue weighted by atomic mass is 10.0. The van der Waals surface area contributed by atoms with Gasteiger partial charge in [-0.25, -0.2) is 0 Å². The van der Waals surface area contributed by atoms with Gasteiger partial charge in [-0.15, -0.1) is 0 Å². The Balaban J connectivity index is 2.32. The van der Waals surface area contributed by atoms with E-state index in [0.717, 1.165) is 23.7 Å². The molecule has 0 aliphatic heterocycles. The molecule has 0 bridgehead atoms. The Hall–Kier alpha value is -1.67. The molecule has 1 aromatic rings. The van der Waals surface area contributed by atoms with Crippen LogP contribution in [0.1, 0.15) is 57.9 Å². The highest BCUT2D eigenvalue weighted by molar-refractivity contribution is 9.10. The summed E-state index contributed by atoms with van der Waals surface area (Å²) >= 11 is 8.40. The number of benzene rings is 1. The van der Waals surface area contributed by atoms with Gasteiger partial charge in [-0.05, 0) is 58.2 Å². The third-order valence-corrected chi connectivity index (χ3v) is 4.38. The Morgan fingerprint density at radius 1 is 1.19 bits per heavy atom. The van der Waals surface area contributed by atoms with Gasteiger partial charge in [-0.2, -0.15) is 0 Å². The number of thiocarbonyl (C=S) groups is 1. The smallest absolute Gasteiger partial charge is 0.276 e. The summed E-state index contributed by atoms with van der Waals surface area (Å²) < 4.78 is 6.27. The van der Waals surface area contributed by atoms with E-state index in [1.165, 1.54) is 5.56 Å². The second-order valence-electron chi connectivity index (χ2n) is 6.14. The van der Waals surface area contributed by atoms with Gasteiger partial charge in [-0.1, -0.05) is 39.7 Å². The number of rotatable bonds is 8. The molecule has 0 aliphatic rings. The van der Waals surface area contributed by atoms with Crippen LogP contribution in [0, 0.1) is 0 Å². The maximum atomic E-state index is 11.8. The third kappa shape index (κ3) is 8.62. The minimum atomic E-state index is -0.410. The molecule has 0 atom stereocenters. The number of hydrogen-bond acceptors (Lipinski definition) is 4. The van der Waals surface area contributed by atoms with Gasteiger partial charge in [0.25, 0.3) is 5.91 Å². The Morgan fingerprint density at radius 3 is 2.54 bits per heavy atom. The summed E-state index contributed by atoms with van der Waals surface area (Å²) in [5.41, 5.74) is 6.05. The lowest BCUT2D eigenvalue weighted by Crippen LogP contribution is -2.49. The molecule has 3 N–H and O–H groups in total. The van der Waals surface area contributed by atoms with Crippen molar-refractivity contribution in [3.63, 3.8) is 0 Å². The molecule has 26 heavy (non-hydrogen) atoms. The van der Waals surface area contributed by atoms with Gasteiger partial charge in [0.1, 0.15) is 5.75 Å². The van der Waals surface area contributed by atoms with Crippen molar-refractivity contribution in [2.24, 2.45) is 0 Å². The minimum Gasteiger partial charge on any atom is -0.483 e. The SMILES string of the molecule is CCCCCC(=O)NC(=S)NNC(=O)COc1ccc(C(C)C)cc1Br. The summed E-state index contributed by atoms with van der Waals surface area (Å²) in [6, 6.07) is 5.75. The van der Waals surface area contributed by atoms with Crippen LogP contribution in [-0.4, -0.2) is 23.5 Å². The lowest BCUT2D eigenvalue weighted by Gasteiger charge is -2.13. The highest BCUT2D eigenvalue weighted by atomic mass is 79.9. The molecule has 0 aromatic heterocycles. The average Bonchev–Trinajstić information content (AvgIpc) is 2.58. The van der Waals surface area contributed by atoms with Crippen LogP contribution in [0.25, 0.3) is 0 Å². The van der Waals surface area contributed by atoms with Crippen LogP contribution in [-0.2, 0) is 9.59 Å². The largest absolute Gasteiger partial charge is 0.483 e. The predicted octanol–water partition coefficient (Wildman–Crippen LogP) is 3.55. The molecular weight excluding hydrogens is 418 g/mol. The standard InChI is InChI=1S/C18H26BrN3O3S/c1-4-5-6-7-16(23)20-18(26)22-21-17(24)11-25-15-9-8-13(12(2)3)10-14(15)19/h8-10,12H,4-7,11H2,1-3H3,(H,21,24)(H2,20,22,23,26). The number of ether oxygens (including phenoxy) is 1. The van der Waals surface area contributed by atoms with E-state index in [1.807, 2.05) is 18.2 Å². The maximum Gasteiger partial charge on any atom is 0.276 e. The molecule has 6 nitrogen and oxygen atoms in total. The van der Waals surface area contributed by atoms with Gasteiger partial charge < -0.3 is 10.1 Å². The first kappa shape index (κ1) is 22.4. The molecule has 0 saturated heterocycles. The molecule has 2 amide bonds. The Labute approximate surface area is 168 Å². The van der Waals surface area contributed by atoms with Gasteiger partial charge in [0.15, 0.2) is 11.7 Å². The molecule has 0 fully saturated rings. The summed E-state index contributed by atoms with van der Waals surface area (Å²) in [5.74, 6) is 0.408. The first-order valence-electron chi connectivity index (χ1n) is 8.64. The van der Waals surface area contributed by atoms with Crippen LogP contribution in [0.2, 0.25) is 0 Å². The van der Waals surface area contributed by atoms with Crippen LogP contribution in [0.4, 0.5) is 0 Å². The van der Waals surface area contributed by atoms with E-state index in [-0.39, 0.29) is 17.6 Å². The number of halogens is 1. The molecule has 144 valence electrons. The van der Waals surface area contributed by atoms with Crippen LogP contribution in [0.3, 0.4) is 0 Å². The van der Waals surface area contributed by atoms with Crippen molar-refractivity contribution in [3.8, 4) is 5.75 Å². The average molecular weight is 444 g/mol. The van der Waals surface area contributed by atoms with Gasteiger partial charge in [-0.3, -0.25) is 20.4 Å². The van der Waals surface area contributed by atoms with E-state index in [2.05, 4.69) is 52.9 Å². The molecule has 0 saturated carbocycles. The molecule has 1 aromatic carbocycles. The van der Waals surface area contributed by atoms with E-state index in [9.17, 15) is 9.59 Å². The van der Waals surface area contributed by atoms with Crippen molar-refractivity contribution in [2.45, 2.75) is 52.4 Å². The van der Waals surface area contributed by atoms with Gasteiger partial charge in [0, 0.05) is 6.42 Å².